The Bertz CT molecular complexity index is 387. The highest BCUT2D eigenvalue weighted by Gasteiger charge is 2.05. The first-order chi connectivity index (χ1) is 8.65. The number of pyridine rings is 1. The number of carbonyl (C=O) groups is 2. The first-order valence-electron chi connectivity index (χ1n) is 5.43. The number of carbonyl (C=O) groups excluding carboxylic acids is 2. The van der Waals surface area contributed by atoms with E-state index in [9.17, 15) is 9.59 Å². The molecule has 7 heteroatoms. The van der Waals surface area contributed by atoms with Crippen LogP contribution in [0.4, 0.5) is 11.5 Å². The lowest BCUT2D eigenvalue weighted by Crippen LogP contribution is -2.15. The van der Waals surface area contributed by atoms with Crippen LogP contribution in [-0.4, -0.2) is 40.2 Å². The van der Waals surface area contributed by atoms with E-state index < -0.39 is 0 Å². The molecule has 0 atom stereocenters. The smallest absolute Gasteiger partial charge is 0.227 e. The molecule has 0 aliphatic carbocycles. The molecule has 0 saturated heterocycles. The largest absolute Gasteiger partial charge is 0.396 e. The summed E-state index contributed by atoms with van der Waals surface area (Å²) in [5.74, 6) is -0.393. The standard InChI is InChI=1S/C11H15N3O4/c15-5-2-10(17)13-8-1-4-12-9(7-8)14-11(18)3-6-16/h1,4,7,15-16H,2-3,5-6H2,(H2,12,13,14,17,18). The molecule has 0 unspecified atom stereocenters. The summed E-state index contributed by atoms with van der Waals surface area (Å²) in [4.78, 5) is 26.4. The van der Waals surface area contributed by atoms with Gasteiger partial charge in [0.05, 0.1) is 26.1 Å². The molecule has 0 aliphatic heterocycles. The number of nitrogens with zero attached hydrogens (tertiary/aromatic N) is 1. The van der Waals surface area contributed by atoms with Gasteiger partial charge in [0.15, 0.2) is 0 Å². The van der Waals surface area contributed by atoms with Crippen LogP contribution in [0.3, 0.4) is 0 Å². The molecule has 0 bridgehead atoms. The molecule has 18 heavy (non-hydrogen) atoms. The molecule has 1 aromatic rings. The minimum Gasteiger partial charge on any atom is -0.396 e. The molecule has 1 rings (SSSR count). The molecule has 7 nitrogen and oxygen atoms in total. The first-order valence-corrected chi connectivity index (χ1v) is 5.43. The van der Waals surface area contributed by atoms with E-state index in [2.05, 4.69) is 15.6 Å². The van der Waals surface area contributed by atoms with Crippen LogP contribution in [0.5, 0.6) is 0 Å². The minimum absolute atomic E-state index is 0.00846. The monoisotopic (exact) mass is 253 g/mol. The van der Waals surface area contributed by atoms with Crippen molar-refractivity contribution in [1.29, 1.82) is 0 Å². The molecule has 0 aromatic carbocycles. The third kappa shape index (κ3) is 4.89. The Morgan fingerprint density at radius 2 is 1.72 bits per heavy atom. The number of rotatable bonds is 6. The van der Waals surface area contributed by atoms with E-state index in [1.807, 2.05) is 0 Å². The summed E-state index contributed by atoms with van der Waals surface area (Å²) in [5.41, 5.74) is 0.475. The van der Waals surface area contributed by atoms with Gasteiger partial charge >= 0.3 is 0 Å². The maximum absolute atomic E-state index is 11.2. The Labute approximate surface area is 104 Å². The lowest BCUT2D eigenvalue weighted by atomic mass is 10.3. The van der Waals surface area contributed by atoms with Crippen LogP contribution in [0.25, 0.3) is 0 Å². The quantitative estimate of drug-likeness (QED) is 0.557. The van der Waals surface area contributed by atoms with E-state index >= 15 is 0 Å². The number of hydrogen-bond acceptors (Lipinski definition) is 5. The number of aliphatic hydroxyl groups excluding tert-OH is 2. The van der Waals surface area contributed by atoms with E-state index in [4.69, 9.17) is 10.2 Å². The number of hydrogen-bond donors (Lipinski definition) is 4. The van der Waals surface area contributed by atoms with Crippen molar-refractivity contribution in [3.8, 4) is 0 Å². The van der Waals surface area contributed by atoms with E-state index in [1.54, 1.807) is 6.07 Å². The van der Waals surface area contributed by atoms with E-state index in [-0.39, 0.29) is 43.7 Å². The van der Waals surface area contributed by atoms with Crippen molar-refractivity contribution < 1.29 is 19.8 Å². The maximum atomic E-state index is 11.2. The average Bonchev–Trinajstić information content (AvgIpc) is 2.29. The number of amides is 2. The number of aliphatic hydroxyl groups is 2. The van der Waals surface area contributed by atoms with Gasteiger partial charge in [-0.1, -0.05) is 0 Å². The summed E-state index contributed by atoms with van der Waals surface area (Å²) in [6, 6.07) is 3.06. The van der Waals surface area contributed by atoms with Crippen LogP contribution in [0.15, 0.2) is 18.3 Å². The number of aromatic nitrogens is 1. The molecule has 0 saturated carbocycles. The second-order valence-corrected chi connectivity index (χ2v) is 3.47. The second kappa shape index (κ2) is 7.36. The van der Waals surface area contributed by atoms with Crippen molar-refractivity contribution in [2.45, 2.75) is 12.8 Å². The Morgan fingerprint density at radius 1 is 1.11 bits per heavy atom. The predicted octanol–water partition coefficient (Wildman–Crippen LogP) is -0.277. The van der Waals surface area contributed by atoms with Crippen molar-refractivity contribution in [1.82, 2.24) is 4.98 Å². The van der Waals surface area contributed by atoms with Gasteiger partial charge in [-0.05, 0) is 6.07 Å². The zero-order valence-electron chi connectivity index (χ0n) is 9.72. The molecule has 4 N–H and O–H groups in total. The van der Waals surface area contributed by atoms with Crippen molar-refractivity contribution in [3.63, 3.8) is 0 Å². The molecule has 2 amide bonds. The van der Waals surface area contributed by atoms with Gasteiger partial charge in [-0.2, -0.15) is 0 Å². The van der Waals surface area contributed by atoms with Crippen LogP contribution < -0.4 is 10.6 Å². The third-order valence-corrected chi connectivity index (χ3v) is 1.99. The van der Waals surface area contributed by atoms with Crippen LogP contribution >= 0.6 is 0 Å². The van der Waals surface area contributed by atoms with Gasteiger partial charge in [-0.15, -0.1) is 0 Å². The summed E-state index contributed by atoms with van der Waals surface area (Å²) in [5, 5.41) is 22.2. The molecule has 0 aliphatic rings. The molecule has 1 heterocycles. The van der Waals surface area contributed by atoms with Crippen LogP contribution in [0.1, 0.15) is 12.8 Å². The van der Waals surface area contributed by atoms with Crippen LogP contribution in [0, 0.1) is 0 Å². The van der Waals surface area contributed by atoms with Gasteiger partial charge < -0.3 is 20.8 Å². The van der Waals surface area contributed by atoms with Gasteiger partial charge in [-0.3, -0.25) is 9.59 Å². The fraction of sp³-hybridized carbons (Fsp3) is 0.364. The highest BCUT2D eigenvalue weighted by Crippen LogP contribution is 2.12. The molecule has 0 radical (unpaired) electrons. The molecule has 98 valence electrons. The first kappa shape index (κ1) is 14.1. The average molecular weight is 253 g/mol. The van der Waals surface area contributed by atoms with E-state index in [0.29, 0.717) is 5.69 Å². The third-order valence-electron chi connectivity index (χ3n) is 1.99. The summed E-state index contributed by atoms with van der Waals surface area (Å²) in [6.07, 6.45) is 1.43. The van der Waals surface area contributed by atoms with E-state index in [0.717, 1.165) is 0 Å². The zero-order valence-corrected chi connectivity index (χ0v) is 9.72. The molecular weight excluding hydrogens is 238 g/mol. The summed E-state index contributed by atoms with van der Waals surface area (Å²) in [7, 11) is 0. The number of anilines is 2. The Hall–Kier alpha value is -1.99. The van der Waals surface area contributed by atoms with Crippen molar-refractivity contribution in [2.75, 3.05) is 23.8 Å². The normalized spacial score (nSPS) is 9.89. The Morgan fingerprint density at radius 3 is 2.33 bits per heavy atom. The topological polar surface area (TPSA) is 112 Å². The summed E-state index contributed by atoms with van der Waals surface area (Å²) < 4.78 is 0. The minimum atomic E-state index is -0.358. The molecule has 1 aromatic heterocycles. The van der Waals surface area contributed by atoms with Crippen LogP contribution in [0.2, 0.25) is 0 Å². The van der Waals surface area contributed by atoms with E-state index in [1.165, 1.54) is 12.3 Å². The SMILES string of the molecule is O=C(CCO)Nc1ccnc(NC(=O)CCO)c1. The summed E-state index contributed by atoms with van der Waals surface area (Å²) >= 11 is 0. The van der Waals surface area contributed by atoms with Crippen molar-refractivity contribution in [3.05, 3.63) is 18.3 Å². The zero-order chi connectivity index (χ0) is 13.4. The van der Waals surface area contributed by atoms with Gasteiger partial charge in [0.2, 0.25) is 11.8 Å². The fourth-order valence-electron chi connectivity index (χ4n) is 1.21. The second-order valence-electron chi connectivity index (χ2n) is 3.47. The highest BCUT2D eigenvalue weighted by molar-refractivity contribution is 5.93. The lowest BCUT2D eigenvalue weighted by Gasteiger charge is -2.07. The molecule has 0 spiro atoms. The maximum Gasteiger partial charge on any atom is 0.227 e. The van der Waals surface area contributed by atoms with Gasteiger partial charge in [0, 0.05) is 18.0 Å². The van der Waals surface area contributed by atoms with Gasteiger partial charge in [-0.25, -0.2) is 4.98 Å². The number of nitrogens with one attached hydrogen (secondary N) is 2. The van der Waals surface area contributed by atoms with Crippen molar-refractivity contribution >= 4 is 23.3 Å². The van der Waals surface area contributed by atoms with Crippen molar-refractivity contribution in [2.24, 2.45) is 0 Å². The Kier molecular flexibility index (Phi) is 5.75. The van der Waals surface area contributed by atoms with Gasteiger partial charge in [0.25, 0.3) is 0 Å². The molecule has 0 fully saturated rings. The summed E-state index contributed by atoms with van der Waals surface area (Å²) in [6.45, 7) is -0.463. The Balaban J connectivity index is 2.61. The molecular formula is C11H15N3O4. The lowest BCUT2D eigenvalue weighted by molar-refractivity contribution is -0.117. The van der Waals surface area contributed by atoms with Gasteiger partial charge in [0.1, 0.15) is 5.82 Å². The highest BCUT2D eigenvalue weighted by atomic mass is 16.3. The van der Waals surface area contributed by atoms with Crippen LogP contribution in [-0.2, 0) is 9.59 Å². The predicted molar refractivity (Wildman–Crippen MR) is 64.9 cm³/mol. The fourth-order valence-corrected chi connectivity index (χ4v) is 1.21.